The first kappa shape index (κ1) is 25.5. The summed E-state index contributed by atoms with van der Waals surface area (Å²) in [7, 11) is 0. The summed E-state index contributed by atoms with van der Waals surface area (Å²) in [5, 5.41) is 9.09. The summed E-state index contributed by atoms with van der Waals surface area (Å²) in [6, 6.07) is 26.6. The Morgan fingerprint density at radius 3 is 1.94 bits per heavy atom. The molecule has 2 amide bonds. The van der Waals surface area contributed by atoms with Crippen molar-refractivity contribution < 1.29 is 9.59 Å². The van der Waals surface area contributed by atoms with Crippen LogP contribution in [0.2, 0.25) is 0 Å². The SMILES string of the molecule is CC(C)C[C@H](NC(=O)[C@@H](CS)NCc1ccc(-c2ccccc2)cc1)C(=O)Nc1ccccc1. The van der Waals surface area contributed by atoms with E-state index in [1.54, 1.807) is 0 Å². The van der Waals surface area contributed by atoms with Crippen LogP contribution < -0.4 is 16.0 Å². The predicted octanol–water partition coefficient (Wildman–Crippen LogP) is 4.91. The second-order valence-corrected chi connectivity index (χ2v) is 9.09. The van der Waals surface area contributed by atoms with Crippen LogP contribution in [-0.4, -0.2) is 29.7 Å². The van der Waals surface area contributed by atoms with Gasteiger partial charge < -0.3 is 16.0 Å². The summed E-state index contributed by atoms with van der Waals surface area (Å²) in [6.45, 7) is 4.59. The summed E-state index contributed by atoms with van der Waals surface area (Å²) in [5.41, 5.74) is 4.09. The van der Waals surface area contributed by atoms with E-state index in [4.69, 9.17) is 0 Å². The molecule has 6 heteroatoms. The van der Waals surface area contributed by atoms with Gasteiger partial charge in [0.15, 0.2) is 0 Å². The number of amides is 2. The lowest BCUT2D eigenvalue weighted by Crippen LogP contribution is -2.52. The molecular formula is C28H33N3O2S. The van der Waals surface area contributed by atoms with Crippen molar-refractivity contribution >= 4 is 30.1 Å². The van der Waals surface area contributed by atoms with Crippen molar-refractivity contribution in [2.75, 3.05) is 11.1 Å². The zero-order chi connectivity index (χ0) is 24.3. The van der Waals surface area contributed by atoms with Crippen LogP contribution in [0.25, 0.3) is 11.1 Å². The fraction of sp³-hybridized carbons (Fsp3) is 0.286. The van der Waals surface area contributed by atoms with Crippen LogP contribution in [0.1, 0.15) is 25.8 Å². The average Bonchev–Trinajstić information content (AvgIpc) is 2.85. The fourth-order valence-electron chi connectivity index (χ4n) is 3.65. The number of hydrogen-bond donors (Lipinski definition) is 4. The summed E-state index contributed by atoms with van der Waals surface area (Å²) < 4.78 is 0. The molecule has 0 bridgehead atoms. The predicted molar refractivity (Wildman–Crippen MR) is 143 cm³/mol. The third-order valence-corrected chi connectivity index (χ3v) is 5.86. The van der Waals surface area contributed by atoms with Gasteiger partial charge in [0.2, 0.25) is 11.8 Å². The third kappa shape index (κ3) is 7.75. The maximum Gasteiger partial charge on any atom is 0.246 e. The second kappa shape index (κ2) is 13.0. The van der Waals surface area contributed by atoms with Crippen molar-refractivity contribution in [3.05, 3.63) is 90.5 Å². The zero-order valence-electron chi connectivity index (χ0n) is 19.7. The minimum absolute atomic E-state index is 0.220. The number of anilines is 1. The maximum absolute atomic E-state index is 13.0. The van der Waals surface area contributed by atoms with Gasteiger partial charge in [0, 0.05) is 18.0 Å². The van der Waals surface area contributed by atoms with E-state index in [1.165, 1.54) is 5.56 Å². The van der Waals surface area contributed by atoms with E-state index in [0.717, 1.165) is 11.1 Å². The number of thiol groups is 1. The van der Waals surface area contributed by atoms with Crippen molar-refractivity contribution in [3.63, 3.8) is 0 Å². The molecule has 178 valence electrons. The van der Waals surface area contributed by atoms with Gasteiger partial charge in [-0.3, -0.25) is 9.59 Å². The number of para-hydroxylation sites is 1. The largest absolute Gasteiger partial charge is 0.343 e. The highest BCUT2D eigenvalue weighted by atomic mass is 32.1. The number of benzene rings is 3. The van der Waals surface area contributed by atoms with E-state index in [2.05, 4.69) is 65.0 Å². The first-order valence-corrected chi connectivity index (χ1v) is 12.2. The van der Waals surface area contributed by atoms with Crippen molar-refractivity contribution in [1.82, 2.24) is 10.6 Å². The Morgan fingerprint density at radius 2 is 1.35 bits per heavy atom. The molecule has 5 nitrogen and oxygen atoms in total. The Bertz CT molecular complexity index is 1040. The van der Waals surface area contributed by atoms with Crippen LogP contribution in [0.5, 0.6) is 0 Å². The topological polar surface area (TPSA) is 70.2 Å². The molecule has 0 aromatic heterocycles. The van der Waals surface area contributed by atoms with Crippen LogP contribution in [-0.2, 0) is 16.1 Å². The Kier molecular flexibility index (Phi) is 9.74. The molecule has 0 aliphatic carbocycles. The van der Waals surface area contributed by atoms with Gasteiger partial charge in [-0.1, -0.05) is 86.6 Å². The summed E-state index contributed by atoms with van der Waals surface area (Å²) in [6.07, 6.45) is 0.546. The van der Waals surface area contributed by atoms with Gasteiger partial charge in [-0.15, -0.1) is 0 Å². The molecule has 0 radical (unpaired) electrons. The van der Waals surface area contributed by atoms with Gasteiger partial charge in [-0.2, -0.15) is 12.6 Å². The third-order valence-electron chi connectivity index (χ3n) is 5.49. The normalized spacial score (nSPS) is 12.7. The number of rotatable bonds is 11. The molecule has 3 aromatic rings. The van der Waals surface area contributed by atoms with E-state index in [9.17, 15) is 9.59 Å². The molecule has 0 saturated carbocycles. The lowest BCUT2D eigenvalue weighted by molar-refractivity contribution is -0.127. The fourth-order valence-corrected chi connectivity index (χ4v) is 3.95. The molecular weight excluding hydrogens is 442 g/mol. The number of hydrogen-bond acceptors (Lipinski definition) is 4. The van der Waals surface area contributed by atoms with Crippen LogP contribution in [0, 0.1) is 5.92 Å². The maximum atomic E-state index is 13.0. The molecule has 0 aliphatic rings. The number of carbonyl (C=O) groups excluding carboxylic acids is 2. The molecule has 0 fully saturated rings. The summed E-state index contributed by atoms with van der Waals surface area (Å²) >= 11 is 4.37. The van der Waals surface area contributed by atoms with Crippen LogP contribution >= 0.6 is 12.6 Å². The standard InChI is InChI=1S/C28H33N3O2S/c1-20(2)17-25(27(32)30-24-11-7-4-8-12-24)31-28(33)26(19-34)29-18-21-13-15-23(16-14-21)22-9-5-3-6-10-22/h3-16,20,25-26,29,34H,17-19H2,1-2H3,(H,30,32)(H,31,33)/t25-,26+/m0/s1. The average molecular weight is 476 g/mol. The van der Waals surface area contributed by atoms with Crippen LogP contribution in [0.15, 0.2) is 84.9 Å². The van der Waals surface area contributed by atoms with E-state index in [0.29, 0.717) is 24.4 Å². The number of nitrogens with one attached hydrogen (secondary N) is 3. The minimum atomic E-state index is -0.623. The lowest BCUT2D eigenvalue weighted by Gasteiger charge is -2.23. The van der Waals surface area contributed by atoms with E-state index in [1.807, 2.05) is 62.4 Å². The van der Waals surface area contributed by atoms with E-state index >= 15 is 0 Å². The summed E-state index contributed by atoms with van der Waals surface area (Å²) in [5.74, 6) is 0.118. The smallest absolute Gasteiger partial charge is 0.246 e. The Labute approximate surface area is 207 Å². The van der Waals surface area contributed by atoms with Crippen LogP contribution in [0.3, 0.4) is 0 Å². The lowest BCUT2D eigenvalue weighted by atomic mass is 10.0. The molecule has 0 saturated heterocycles. The molecule has 3 aromatic carbocycles. The monoisotopic (exact) mass is 475 g/mol. The molecule has 0 unspecified atom stereocenters. The van der Waals surface area contributed by atoms with Gasteiger partial charge >= 0.3 is 0 Å². The number of carbonyl (C=O) groups is 2. The molecule has 0 spiro atoms. The van der Waals surface area contributed by atoms with E-state index in [-0.39, 0.29) is 17.7 Å². The highest BCUT2D eigenvalue weighted by Gasteiger charge is 2.25. The highest BCUT2D eigenvalue weighted by Crippen LogP contribution is 2.19. The van der Waals surface area contributed by atoms with Crippen molar-refractivity contribution in [2.24, 2.45) is 5.92 Å². The molecule has 0 aliphatic heterocycles. The minimum Gasteiger partial charge on any atom is -0.343 e. The Balaban J connectivity index is 1.58. The highest BCUT2D eigenvalue weighted by molar-refractivity contribution is 7.80. The first-order valence-electron chi connectivity index (χ1n) is 11.6. The van der Waals surface area contributed by atoms with Gasteiger partial charge in [0.05, 0.1) is 6.04 Å². The van der Waals surface area contributed by atoms with Gasteiger partial charge in [0.1, 0.15) is 6.04 Å². The van der Waals surface area contributed by atoms with Gasteiger partial charge in [0.25, 0.3) is 0 Å². The molecule has 34 heavy (non-hydrogen) atoms. The van der Waals surface area contributed by atoms with Crippen molar-refractivity contribution in [2.45, 2.75) is 38.9 Å². The molecule has 3 N–H and O–H groups in total. The molecule has 0 heterocycles. The van der Waals surface area contributed by atoms with Crippen LogP contribution in [0.4, 0.5) is 5.69 Å². The summed E-state index contributed by atoms with van der Waals surface area (Å²) in [4.78, 5) is 25.8. The van der Waals surface area contributed by atoms with Crippen molar-refractivity contribution in [1.29, 1.82) is 0 Å². The second-order valence-electron chi connectivity index (χ2n) is 8.73. The Morgan fingerprint density at radius 1 is 0.765 bits per heavy atom. The zero-order valence-corrected chi connectivity index (χ0v) is 20.6. The van der Waals surface area contributed by atoms with Gasteiger partial charge in [-0.05, 0) is 41.2 Å². The molecule has 2 atom stereocenters. The quantitative estimate of drug-likeness (QED) is 0.298. The first-order chi connectivity index (χ1) is 16.5. The van der Waals surface area contributed by atoms with Crippen molar-refractivity contribution in [3.8, 4) is 11.1 Å². The molecule has 3 rings (SSSR count). The Hall–Kier alpha value is -3.09. The van der Waals surface area contributed by atoms with E-state index < -0.39 is 12.1 Å². The van der Waals surface area contributed by atoms with Gasteiger partial charge in [-0.25, -0.2) is 0 Å².